The largest absolute Gasteiger partial charge is 0.573 e. The summed E-state index contributed by atoms with van der Waals surface area (Å²) < 4.78 is 48.9. The number of nitrogens with one attached hydrogen (secondary N) is 1. The standard InChI is InChI=1S/C20H17ClF3N3O3/c1-12-14(21)7-5-8-15(12)25-19-26-18(28)17(29-2)11-27(19)10-13-6-3-4-9-16(13)30-20(22,23)24/h3-9,11H,10H2,1-2H3,(H,25,26,28). The van der Waals surface area contributed by atoms with Crippen LogP contribution in [0.25, 0.3) is 0 Å². The van der Waals surface area contributed by atoms with Crippen molar-refractivity contribution in [2.24, 2.45) is 0 Å². The highest BCUT2D eigenvalue weighted by Gasteiger charge is 2.32. The Morgan fingerprint density at radius 2 is 1.87 bits per heavy atom. The number of halogens is 4. The minimum Gasteiger partial charge on any atom is -0.490 e. The summed E-state index contributed by atoms with van der Waals surface area (Å²) in [7, 11) is 1.30. The first-order chi connectivity index (χ1) is 14.2. The number of ether oxygens (including phenoxy) is 2. The number of nitrogens with zero attached hydrogens (tertiary/aromatic N) is 2. The lowest BCUT2D eigenvalue weighted by Gasteiger charge is -2.18. The molecular weight excluding hydrogens is 423 g/mol. The van der Waals surface area contributed by atoms with Crippen molar-refractivity contribution in [3.63, 3.8) is 0 Å². The van der Waals surface area contributed by atoms with Crippen molar-refractivity contribution in [2.75, 3.05) is 12.4 Å². The Bertz CT molecular complexity index is 1120. The first kappa shape index (κ1) is 21.5. The first-order valence-corrected chi connectivity index (χ1v) is 9.07. The zero-order valence-corrected chi connectivity index (χ0v) is 16.7. The highest BCUT2D eigenvalue weighted by atomic mass is 35.5. The van der Waals surface area contributed by atoms with E-state index in [4.69, 9.17) is 16.3 Å². The molecule has 6 nitrogen and oxygen atoms in total. The van der Waals surface area contributed by atoms with Crippen molar-refractivity contribution in [2.45, 2.75) is 19.8 Å². The summed E-state index contributed by atoms with van der Waals surface area (Å²) in [5.74, 6) is -0.307. The Hall–Kier alpha value is -3.20. The van der Waals surface area contributed by atoms with Crippen molar-refractivity contribution >= 4 is 23.2 Å². The third-order valence-corrected chi connectivity index (χ3v) is 4.65. The maximum absolute atomic E-state index is 12.8. The van der Waals surface area contributed by atoms with Gasteiger partial charge in [0.1, 0.15) is 5.75 Å². The van der Waals surface area contributed by atoms with E-state index in [2.05, 4.69) is 15.0 Å². The van der Waals surface area contributed by atoms with Crippen LogP contribution in [0, 0.1) is 6.92 Å². The molecule has 0 bridgehead atoms. The molecule has 0 aliphatic carbocycles. The number of benzene rings is 2. The number of rotatable bonds is 6. The lowest BCUT2D eigenvalue weighted by Crippen LogP contribution is -2.21. The number of hydrogen-bond donors (Lipinski definition) is 1. The fraction of sp³-hybridized carbons (Fsp3) is 0.200. The normalized spacial score (nSPS) is 11.3. The second-order valence-corrected chi connectivity index (χ2v) is 6.67. The molecule has 2 aromatic carbocycles. The van der Waals surface area contributed by atoms with Crippen molar-refractivity contribution in [1.29, 1.82) is 0 Å². The summed E-state index contributed by atoms with van der Waals surface area (Å²) in [6.45, 7) is 1.71. The van der Waals surface area contributed by atoms with Gasteiger partial charge in [-0.1, -0.05) is 35.9 Å². The summed E-state index contributed by atoms with van der Waals surface area (Å²) in [6.07, 6.45) is -3.48. The van der Waals surface area contributed by atoms with Crippen LogP contribution in [0.1, 0.15) is 11.1 Å². The first-order valence-electron chi connectivity index (χ1n) is 8.69. The van der Waals surface area contributed by atoms with Gasteiger partial charge < -0.3 is 19.4 Å². The van der Waals surface area contributed by atoms with Crippen LogP contribution >= 0.6 is 11.6 Å². The van der Waals surface area contributed by atoms with Gasteiger partial charge in [-0.25, -0.2) is 0 Å². The molecule has 0 aliphatic heterocycles. The third-order valence-electron chi connectivity index (χ3n) is 4.24. The molecule has 0 fully saturated rings. The lowest BCUT2D eigenvalue weighted by atomic mass is 10.2. The monoisotopic (exact) mass is 439 g/mol. The average Bonchev–Trinajstić information content (AvgIpc) is 2.67. The molecular formula is C20H17ClF3N3O3. The van der Waals surface area contributed by atoms with E-state index in [1.54, 1.807) is 31.2 Å². The van der Waals surface area contributed by atoms with Crippen LogP contribution in [0.15, 0.2) is 53.5 Å². The van der Waals surface area contributed by atoms with Crippen molar-refractivity contribution < 1.29 is 22.6 Å². The van der Waals surface area contributed by atoms with E-state index in [-0.39, 0.29) is 29.6 Å². The highest BCUT2D eigenvalue weighted by molar-refractivity contribution is 6.31. The molecule has 0 aliphatic rings. The molecule has 0 unspecified atom stereocenters. The molecule has 0 atom stereocenters. The van der Waals surface area contributed by atoms with Crippen LogP contribution in [0.3, 0.4) is 0 Å². The van der Waals surface area contributed by atoms with E-state index in [0.29, 0.717) is 10.7 Å². The molecule has 0 saturated carbocycles. The Labute approximate surface area is 174 Å². The van der Waals surface area contributed by atoms with Gasteiger partial charge in [0.15, 0.2) is 0 Å². The van der Waals surface area contributed by atoms with Gasteiger partial charge in [0.05, 0.1) is 19.9 Å². The minimum absolute atomic E-state index is 0.0578. The van der Waals surface area contributed by atoms with Crippen LogP contribution in [0.4, 0.5) is 24.8 Å². The predicted molar refractivity (Wildman–Crippen MR) is 107 cm³/mol. The number of hydrogen-bond acceptors (Lipinski definition) is 5. The Morgan fingerprint density at radius 3 is 2.57 bits per heavy atom. The average molecular weight is 440 g/mol. The highest BCUT2D eigenvalue weighted by Crippen LogP contribution is 2.29. The molecule has 3 rings (SSSR count). The molecule has 10 heteroatoms. The molecule has 1 aromatic heterocycles. The lowest BCUT2D eigenvalue weighted by molar-refractivity contribution is -0.274. The fourth-order valence-corrected chi connectivity index (χ4v) is 2.91. The zero-order chi connectivity index (χ0) is 21.9. The molecule has 158 valence electrons. The van der Waals surface area contributed by atoms with Crippen LogP contribution in [-0.4, -0.2) is 23.0 Å². The molecule has 1 N–H and O–H groups in total. The van der Waals surface area contributed by atoms with Gasteiger partial charge in [-0.15, -0.1) is 13.2 Å². The molecule has 0 amide bonds. The molecule has 0 radical (unpaired) electrons. The summed E-state index contributed by atoms with van der Waals surface area (Å²) >= 11 is 6.14. The molecule has 0 spiro atoms. The Morgan fingerprint density at radius 1 is 1.13 bits per heavy atom. The van der Waals surface area contributed by atoms with E-state index in [9.17, 15) is 18.0 Å². The van der Waals surface area contributed by atoms with Gasteiger partial charge >= 0.3 is 11.9 Å². The molecule has 1 heterocycles. The topological polar surface area (TPSA) is 65.4 Å². The molecule has 0 saturated heterocycles. The molecule has 3 aromatic rings. The number of para-hydroxylation sites is 1. The van der Waals surface area contributed by atoms with Crippen LogP contribution < -0.4 is 20.3 Å². The van der Waals surface area contributed by atoms with Crippen LogP contribution in [-0.2, 0) is 6.54 Å². The molecule has 30 heavy (non-hydrogen) atoms. The number of anilines is 2. The summed E-state index contributed by atoms with van der Waals surface area (Å²) in [5, 5.41) is 3.52. The van der Waals surface area contributed by atoms with Gasteiger partial charge in [-0.05, 0) is 30.7 Å². The second-order valence-electron chi connectivity index (χ2n) is 6.26. The summed E-state index contributed by atoms with van der Waals surface area (Å²) in [6, 6.07) is 10.9. The van der Waals surface area contributed by atoms with Crippen LogP contribution in [0.5, 0.6) is 11.5 Å². The summed E-state index contributed by atoms with van der Waals surface area (Å²) in [4.78, 5) is 16.2. The van der Waals surface area contributed by atoms with Crippen molar-refractivity contribution in [3.8, 4) is 11.5 Å². The van der Waals surface area contributed by atoms with Crippen molar-refractivity contribution in [1.82, 2.24) is 9.55 Å². The van der Waals surface area contributed by atoms with E-state index >= 15 is 0 Å². The number of aromatic nitrogens is 2. The fourth-order valence-electron chi connectivity index (χ4n) is 2.74. The second kappa shape index (κ2) is 8.66. The minimum atomic E-state index is -4.84. The van der Waals surface area contributed by atoms with Crippen LogP contribution in [0.2, 0.25) is 5.02 Å². The Kier molecular flexibility index (Phi) is 6.21. The number of alkyl halides is 3. The van der Waals surface area contributed by atoms with E-state index < -0.39 is 11.9 Å². The Balaban J connectivity index is 2.04. The number of methoxy groups -OCH3 is 1. The van der Waals surface area contributed by atoms with Gasteiger partial charge in [0.2, 0.25) is 11.7 Å². The maximum Gasteiger partial charge on any atom is 0.573 e. The van der Waals surface area contributed by atoms with Gasteiger partial charge in [0, 0.05) is 16.3 Å². The van der Waals surface area contributed by atoms with Gasteiger partial charge in [-0.2, -0.15) is 4.98 Å². The van der Waals surface area contributed by atoms with Gasteiger partial charge in [0.25, 0.3) is 0 Å². The van der Waals surface area contributed by atoms with E-state index in [1.165, 1.54) is 36.1 Å². The smallest absolute Gasteiger partial charge is 0.490 e. The quantitative estimate of drug-likeness (QED) is 0.591. The van der Waals surface area contributed by atoms with E-state index in [0.717, 1.165) is 5.56 Å². The predicted octanol–water partition coefficient (Wildman–Crippen LogP) is 4.90. The zero-order valence-electron chi connectivity index (χ0n) is 16.0. The maximum atomic E-state index is 12.8. The third kappa shape index (κ3) is 5.04. The SMILES string of the molecule is COc1cn(Cc2ccccc2OC(F)(F)F)c(Nc2cccc(Cl)c2C)nc1=O. The van der Waals surface area contributed by atoms with Gasteiger partial charge in [-0.3, -0.25) is 4.79 Å². The summed E-state index contributed by atoms with van der Waals surface area (Å²) in [5.41, 5.74) is 0.911. The van der Waals surface area contributed by atoms with E-state index in [1.807, 2.05) is 0 Å². The van der Waals surface area contributed by atoms with Crippen molar-refractivity contribution in [3.05, 3.63) is 75.2 Å².